The molecule has 1 fully saturated rings. The highest BCUT2D eigenvalue weighted by atomic mass is 16.7. The minimum Gasteiger partial charge on any atom is -0.272 e. The van der Waals surface area contributed by atoms with Gasteiger partial charge in [-0.1, -0.05) is 54.6 Å². The quantitative estimate of drug-likeness (QED) is 0.781. The first kappa shape index (κ1) is 13.2. The van der Waals surface area contributed by atoms with Crippen molar-refractivity contribution in [1.29, 1.82) is 0 Å². The number of imide groups is 1. The number of nitrogens with zero attached hydrogens (tertiary/aromatic N) is 1. The lowest BCUT2D eigenvalue weighted by Crippen LogP contribution is -2.28. The molecule has 1 heterocycles. The van der Waals surface area contributed by atoms with Gasteiger partial charge in [-0.3, -0.25) is 14.4 Å². The summed E-state index contributed by atoms with van der Waals surface area (Å²) in [7, 11) is 0. The summed E-state index contributed by atoms with van der Waals surface area (Å²) in [4.78, 5) is 28.1. The Morgan fingerprint density at radius 3 is 1.84 bits per heavy atom. The summed E-state index contributed by atoms with van der Waals surface area (Å²) in [6.07, 6.45) is 0.475. The van der Waals surface area contributed by atoms with Crippen LogP contribution in [0.15, 0.2) is 54.6 Å². The fourth-order valence-corrected chi connectivity index (χ4v) is 1.67. The van der Waals surface area contributed by atoms with Gasteiger partial charge in [-0.2, -0.15) is 5.06 Å². The molecule has 2 rings (SSSR count). The average Bonchev–Trinajstić information content (AvgIpc) is 2.74. The van der Waals surface area contributed by atoms with Crippen molar-refractivity contribution < 1.29 is 14.4 Å². The molecule has 0 saturated carbocycles. The Kier molecular flexibility index (Phi) is 4.64. The number of amides is 2. The zero-order valence-corrected chi connectivity index (χ0v) is 10.5. The summed E-state index contributed by atoms with van der Waals surface area (Å²) >= 11 is 0. The van der Waals surface area contributed by atoms with Gasteiger partial charge in [0.2, 0.25) is 0 Å². The lowest BCUT2D eigenvalue weighted by Gasteiger charge is -2.12. The highest BCUT2D eigenvalue weighted by molar-refractivity contribution is 6.00. The molecule has 1 aromatic carbocycles. The third-order valence-electron chi connectivity index (χ3n) is 2.65. The Balaban J connectivity index is 2.07. The molecule has 0 atom stereocenters. The standard InChI is InChI=1S/C15H15NO3/c17-14-10-11-15(18)16(14)19-12-13-8-6-4-2-1-3-5-7-9-13/h1-9H,10-12H2. The summed E-state index contributed by atoms with van der Waals surface area (Å²) in [6, 6.07) is 17.1. The molecule has 2 amide bonds. The van der Waals surface area contributed by atoms with E-state index in [9.17, 15) is 9.59 Å². The second kappa shape index (κ2) is 6.66. The van der Waals surface area contributed by atoms with Crippen LogP contribution in [0.1, 0.15) is 18.4 Å². The maximum Gasteiger partial charge on any atom is 0.254 e. The predicted octanol–water partition coefficient (Wildman–Crippen LogP) is 2.39. The number of carbonyl (C=O) groups is 2. The van der Waals surface area contributed by atoms with Crippen LogP contribution in [0.3, 0.4) is 0 Å². The third kappa shape index (κ3) is 3.89. The Morgan fingerprint density at radius 1 is 0.842 bits per heavy atom. The fraction of sp³-hybridized carbons (Fsp3) is 0.200. The van der Waals surface area contributed by atoms with E-state index in [1.54, 1.807) is 0 Å². The van der Waals surface area contributed by atoms with Gasteiger partial charge >= 0.3 is 0 Å². The van der Waals surface area contributed by atoms with E-state index in [0.29, 0.717) is 0 Å². The van der Waals surface area contributed by atoms with Crippen LogP contribution in [0.4, 0.5) is 0 Å². The van der Waals surface area contributed by atoms with E-state index in [2.05, 4.69) is 0 Å². The van der Waals surface area contributed by atoms with Gasteiger partial charge in [0.1, 0.15) is 6.61 Å². The normalized spacial score (nSPS) is 14.4. The molecule has 1 saturated heterocycles. The molecule has 98 valence electrons. The maximum absolute atomic E-state index is 11.4. The van der Waals surface area contributed by atoms with E-state index >= 15 is 0 Å². The fourth-order valence-electron chi connectivity index (χ4n) is 1.67. The minimum atomic E-state index is -0.271. The van der Waals surface area contributed by atoms with Gasteiger partial charge in [-0.25, -0.2) is 0 Å². The Morgan fingerprint density at radius 2 is 1.32 bits per heavy atom. The van der Waals surface area contributed by atoms with E-state index in [4.69, 9.17) is 4.84 Å². The van der Waals surface area contributed by atoms with E-state index in [-0.39, 0.29) is 31.3 Å². The number of hydroxylamine groups is 2. The van der Waals surface area contributed by atoms with Crippen molar-refractivity contribution in [3.05, 3.63) is 60.2 Å². The molecule has 0 aromatic heterocycles. The van der Waals surface area contributed by atoms with Gasteiger partial charge in [-0.15, -0.1) is 0 Å². The lowest BCUT2D eigenvalue weighted by molar-refractivity contribution is -0.191. The Hall–Kier alpha value is -2.20. The first-order valence-electron chi connectivity index (χ1n) is 6.13. The van der Waals surface area contributed by atoms with E-state index in [0.717, 1.165) is 10.6 Å². The van der Waals surface area contributed by atoms with Crippen LogP contribution in [0.25, 0.3) is 0 Å². The maximum atomic E-state index is 11.4. The molecule has 0 aliphatic carbocycles. The van der Waals surface area contributed by atoms with Crippen LogP contribution in [-0.4, -0.2) is 16.9 Å². The molecule has 4 heteroatoms. The van der Waals surface area contributed by atoms with Crippen molar-refractivity contribution in [2.45, 2.75) is 19.4 Å². The van der Waals surface area contributed by atoms with Crippen LogP contribution in [0, 0.1) is 0 Å². The highest BCUT2D eigenvalue weighted by Gasteiger charge is 2.29. The average molecular weight is 257 g/mol. The van der Waals surface area contributed by atoms with Crippen LogP contribution >= 0.6 is 0 Å². The Bertz CT molecular complexity index is 486. The summed E-state index contributed by atoms with van der Waals surface area (Å²) in [5.74, 6) is -0.541. The third-order valence-corrected chi connectivity index (χ3v) is 2.65. The largest absolute Gasteiger partial charge is 0.272 e. The predicted molar refractivity (Wildman–Crippen MR) is 69.9 cm³/mol. The SMILES string of the molecule is O=C1CCC(=O)N1OCc1ccccccccc1. The second-order valence-corrected chi connectivity index (χ2v) is 4.11. The molecule has 0 N–H and O–H groups in total. The first-order valence-corrected chi connectivity index (χ1v) is 6.13. The van der Waals surface area contributed by atoms with Crippen molar-refractivity contribution in [3.63, 3.8) is 0 Å². The lowest BCUT2D eigenvalue weighted by atomic mass is 10.3. The molecule has 1 aliphatic rings. The molecule has 0 radical (unpaired) electrons. The van der Waals surface area contributed by atoms with Gasteiger partial charge in [0.05, 0.1) is 0 Å². The van der Waals surface area contributed by atoms with Gasteiger partial charge in [0, 0.05) is 12.8 Å². The van der Waals surface area contributed by atoms with Crippen molar-refractivity contribution in [2.24, 2.45) is 0 Å². The summed E-state index contributed by atoms with van der Waals surface area (Å²) < 4.78 is 0. The van der Waals surface area contributed by atoms with Crippen LogP contribution in [0.5, 0.6) is 0 Å². The summed E-state index contributed by atoms with van der Waals surface area (Å²) in [5, 5.41) is 0.868. The van der Waals surface area contributed by atoms with Gasteiger partial charge in [-0.05, 0) is 5.56 Å². The number of hydrogen-bond donors (Lipinski definition) is 0. The highest BCUT2D eigenvalue weighted by Crippen LogP contribution is 2.13. The number of hydrogen-bond acceptors (Lipinski definition) is 3. The Labute approximate surface area is 111 Å². The molecule has 4 nitrogen and oxygen atoms in total. The van der Waals surface area contributed by atoms with Gasteiger partial charge in [0.25, 0.3) is 11.8 Å². The molecule has 1 aliphatic heterocycles. The van der Waals surface area contributed by atoms with Gasteiger partial charge in [0.15, 0.2) is 0 Å². The second-order valence-electron chi connectivity index (χ2n) is 4.11. The molecule has 0 unspecified atom stereocenters. The molecular weight excluding hydrogens is 242 g/mol. The van der Waals surface area contributed by atoms with Crippen molar-refractivity contribution in [2.75, 3.05) is 0 Å². The van der Waals surface area contributed by atoms with Gasteiger partial charge < -0.3 is 0 Å². The molecule has 19 heavy (non-hydrogen) atoms. The number of rotatable bonds is 3. The van der Waals surface area contributed by atoms with Crippen LogP contribution in [0.2, 0.25) is 0 Å². The summed E-state index contributed by atoms with van der Waals surface area (Å²) in [5.41, 5.74) is 0.878. The monoisotopic (exact) mass is 257 g/mol. The smallest absolute Gasteiger partial charge is 0.254 e. The molecule has 0 spiro atoms. The van der Waals surface area contributed by atoms with Crippen LogP contribution in [-0.2, 0) is 21.0 Å². The summed E-state index contributed by atoms with van der Waals surface area (Å²) in [6.45, 7) is 0.190. The number of carbonyl (C=O) groups excluding carboxylic acids is 2. The van der Waals surface area contributed by atoms with E-state index in [1.165, 1.54) is 0 Å². The molecular formula is C15H15NO3. The van der Waals surface area contributed by atoms with Crippen molar-refractivity contribution >= 4 is 11.8 Å². The van der Waals surface area contributed by atoms with Crippen LogP contribution < -0.4 is 0 Å². The zero-order valence-electron chi connectivity index (χ0n) is 10.5. The first-order chi connectivity index (χ1) is 9.27. The minimum absolute atomic E-state index is 0.190. The molecule has 0 bridgehead atoms. The van der Waals surface area contributed by atoms with Crippen molar-refractivity contribution in [3.8, 4) is 0 Å². The topological polar surface area (TPSA) is 46.6 Å². The molecule has 1 aromatic rings. The zero-order chi connectivity index (χ0) is 13.5. The van der Waals surface area contributed by atoms with E-state index in [1.807, 2.05) is 54.6 Å². The van der Waals surface area contributed by atoms with E-state index < -0.39 is 0 Å². The van der Waals surface area contributed by atoms with Crippen molar-refractivity contribution in [1.82, 2.24) is 5.06 Å².